The van der Waals surface area contributed by atoms with Gasteiger partial charge in [0.2, 0.25) is 5.95 Å². The summed E-state index contributed by atoms with van der Waals surface area (Å²) in [4.78, 5) is 21.4. The second-order valence-electron chi connectivity index (χ2n) is 6.64. The van der Waals surface area contributed by atoms with Crippen molar-refractivity contribution in [2.75, 3.05) is 5.32 Å². The topological polar surface area (TPSA) is 75.1 Å². The number of hydrogen-bond acceptors (Lipinski definition) is 5. The molecule has 1 aliphatic carbocycles. The molecule has 0 unspecified atom stereocenters. The van der Waals surface area contributed by atoms with E-state index in [0.29, 0.717) is 24.4 Å². The molecule has 1 aliphatic rings. The first kappa shape index (κ1) is 16.3. The lowest BCUT2D eigenvalue weighted by Gasteiger charge is -2.24. The third-order valence-electron chi connectivity index (χ3n) is 4.69. The predicted molar refractivity (Wildman–Crippen MR) is 100.0 cm³/mol. The lowest BCUT2D eigenvalue weighted by Crippen LogP contribution is -2.21. The zero-order valence-electron chi connectivity index (χ0n) is 14.4. The Morgan fingerprint density at radius 3 is 2.77 bits per heavy atom. The van der Waals surface area contributed by atoms with Gasteiger partial charge in [0.1, 0.15) is 5.75 Å². The summed E-state index contributed by atoms with van der Waals surface area (Å²) < 4.78 is 0. The number of carbonyl (C=O) groups is 1. The van der Waals surface area contributed by atoms with E-state index in [4.69, 9.17) is 0 Å². The van der Waals surface area contributed by atoms with E-state index in [0.717, 1.165) is 22.5 Å². The smallest absolute Gasteiger partial charge is 0.227 e. The van der Waals surface area contributed by atoms with Gasteiger partial charge in [0, 0.05) is 24.2 Å². The highest BCUT2D eigenvalue weighted by Crippen LogP contribution is 2.36. The van der Waals surface area contributed by atoms with Crippen LogP contribution in [0.15, 0.2) is 54.7 Å². The number of Topliss-reactive ketones (excluding diaryl/α,β-unsaturated/α-hetero) is 1. The van der Waals surface area contributed by atoms with Crippen LogP contribution in [0.1, 0.15) is 39.5 Å². The molecule has 0 bridgehead atoms. The normalized spacial score (nSPS) is 16.2. The van der Waals surface area contributed by atoms with Crippen LogP contribution < -0.4 is 5.32 Å². The summed E-state index contributed by atoms with van der Waals surface area (Å²) in [5.41, 5.74) is 4.14. The van der Waals surface area contributed by atoms with Gasteiger partial charge in [-0.25, -0.2) is 9.97 Å². The highest BCUT2D eigenvalue weighted by atomic mass is 16.3. The number of fused-ring (bicyclic) bond motifs is 1. The second kappa shape index (κ2) is 6.59. The van der Waals surface area contributed by atoms with Crippen LogP contribution in [-0.2, 0) is 6.42 Å². The maximum Gasteiger partial charge on any atom is 0.227 e. The van der Waals surface area contributed by atoms with Crippen molar-refractivity contribution >= 4 is 17.4 Å². The number of aryl methyl sites for hydroxylation is 1. The van der Waals surface area contributed by atoms with Gasteiger partial charge in [0.15, 0.2) is 5.78 Å². The Bertz CT molecular complexity index is 984. The highest BCUT2D eigenvalue weighted by Gasteiger charge is 2.29. The summed E-state index contributed by atoms with van der Waals surface area (Å²) in [6, 6.07) is 15.1. The van der Waals surface area contributed by atoms with Crippen LogP contribution in [0.2, 0.25) is 0 Å². The molecule has 5 nitrogen and oxygen atoms in total. The molecular weight excluding hydrogens is 326 g/mol. The second-order valence-corrected chi connectivity index (χ2v) is 6.64. The van der Waals surface area contributed by atoms with Gasteiger partial charge in [-0.15, -0.1) is 0 Å². The number of hydrogen-bond donors (Lipinski definition) is 2. The number of phenolic OH excluding ortho intramolecular Hbond substituents is 1. The van der Waals surface area contributed by atoms with E-state index in [1.807, 2.05) is 43.3 Å². The Morgan fingerprint density at radius 1 is 1.12 bits per heavy atom. The van der Waals surface area contributed by atoms with Gasteiger partial charge in [-0.1, -0.05) is 30.3 Å². The fraction of sp³-hybridized carbons (Fsp3) is 0.190. The van der Waals surface area contributed by atoms with Crippen molar-refractivity contribution < 1.29 is 9.90 Å². The van der Waals surface area contributed by atoms with Crippen LogP contribution in [0, 0.1) is 6.92 Å². The maximum atomic E-state index is 12.5. The summed E-state index contributed by atoms with van der Waals surface area (Å²) in [6.45, 7) is 2.02. The van der Waals surface area contributed by atoms with Crippen molar-refractivity contribution in [3.05, 3.63) is 77.1 Å². The fourth-order valence-electron chi connectivity index (χ4n) is 3.41. The third kappa shape index (κ3) is 3.16. The first-order valence-corrected chi connectivity index (χ1v) is 8.61. The van der Waals surface area contributed by atoms with Crippen molar-refractivity contribution in [3.8, 4) is 5.75 Å². The Hall–Kier alpha value is -3.21. The molecule has 0 amide bonds. The number of aromatic nitrogens is 2. The van der Waals surface area contributed by atoms with E-state index in [1.165, 1.54) is 0 Å². The van der Waals surface area contributed by atoms with Gasteiger partial charge in [-0.05, 0) is 42.7 Å². The number of carbonyl (C=O) groups excluding carboxylic acids is 1. The zero-order valence-corrected chi connectivity index (χ0v) is 14.4. The number of nitrogens with one attached hydrogen (secondary N) is 1. The molecule has 0 saturated carbocycles. The van der Waals surface area contributed by atoms with E-state index in [9.17, 15) is 9.90 Å². The quantitative estimate of drug-likeness (QED) is 0.746. The standard InChI is InChI=1S/C21H19N3O2/c1-13-5-4-6-15(9-13)23-21-22-12-17-18(24-21)10-14(11-20(17)26)16-7-2-3-8-19(16)25/h2-9,12,14,25H,10-11H2,1H3,(H,22,23,24)/t14-/m0/s1. The van der Waals surface area contributed by atoms with Crippen molar-refractivity contribution in [1.29, 1.82) is 0 Å². The first-order valence-electron chi connectivity index (χ1n) is 8.61. The first-order chi connectivity index (χ1) is 12.6. The van der Waals surface area contributed by atoms with Gasteiger partial charge < -0.3 is 10.4 Å². The van der Waals surface area contributed by atoms with E-state index in [-0.39, 0.29) is 17.5 Å². The lowest BCUT2D eigenvalue weighted by atomic mass is 9.82. The number of ketones is 1. The summed E-state index contributed by atoms with van der Waals surface area (Å²) in [5.74, 6) is 0.639. The van der Waals surface area contributed by atoms with Crippen LogP contribution in [0.3, 0.4) is 0 Å². The number of para-hydroxylation sites is 1. The summed E-state index contributed by atoms with van der Waals surface area (Å²) in [5, 5.41) is 13.3. The minimum absolute atomic E-state index is 0.0154. The molecule has 0 radical (unpaired) electrons. The Kier molecular flexibility index (Phi) is 4.13. The van der Waals surface area contributed by atoms with Crippen LogP contribution in [-0.4, -0.2) is 20.9 Å². The largest absolute Gasteiger partial charge is 0.508 e. The lowest BCUT2D eigenvalue weighted by molar-refractivity contribution is 0.0962. The van der Waals surface area contributed by atoms with Crippen LogP contribution in [0.4, 0.5) is 11.6 Å². The zero-order chi connectivity index (χ0) is 18.1. The Morgan fingerprint density at radius 2 is 1.96 bits per heavy atom. The van der Waals surface area contributed by atoms with Crippen molar-refractivity contribution in [1.82, 2.24) is 9.97 Å². The molecule has 4 rings (SSSR count). The minimum Gasteiger partial charge on any atom is -0.508 e. The van der Waals surface area contributed by atoms with Crippen LogP contribution in [0.5, 0.6) is 5.75 Å². The van der Waals surface area contributed by atoms with Crippen molar-refractivity contribution in [2.45, 2.75) is 25.7 Å². The Labute approximate surface area is 151 Å². The summed E-state index contributed by atoms with van der Waals surface area (Å²) in [7, 11) is 0. The molecule has 2 aromatic carbocycles. The third-order valence-corrected chi connectivity index (χ3v) is 4.69. The van der Waals surface area contributed by atoms with Crippen LogP contribution >= 0.6 is 0 Å². The van der Waals surface area contributed by atoms with Gasteiger partial charge in [-0.3, -0.25) is 4.79 Å². The van der Waals surface area contributed by atoms with Crippen LogP contribution in [0.25, 0.3) is 0 Å². The average Bonchev–Trinajstić information content (AvgIpc) is 2.62. The van der Waals surface area contributed by atoms with Gasteiger partial charge in [-0.2, -0.15) is 0 Å². The molecule has 1 aromatic heterocycles. The van der Waals surface area contributed by atoms with E-state index in [1.54, 1.807) is 18.3 Å². The molecule has 26 heavy (non-hydrogen) atoms. The minimum atomic E-state index is -0.0714. The number of nitrogens with zero attached hydrogens (tertiary/aromatic N) is 2. The average molecular weight is 345 g/mol. The number of rotatable bonds is 3. The maximum absolute atomic E-state index is 12.5. The SMILES string of the molecule is Cc1cccc(Nc2ncc3c(n2)C[C@H](c2ccccc2O)CC3=O)c1. The number of aromatic hydroxyl groups is 1. The van der Waals surface area contributed by atoms with Crippen molar-refractivity contribution in [2.24, 2.45) is 0 Å². The molecule has 0 aliphatic heterocycles. The van der Waals surface area contributed by atoms with Gasteiger partial charge >= 0.3 is 0 Å². The predicted octanol–water partition coefficient (Wildman–Crippen LogP) is 4.15. The number of anilines is 2. The van der Waals surface area contributed by atoms with E-state index >= 15 is 0 Å². The Balaban J connectivity index is 1.64. The molecule has 0 spiro atoms. The molecular formula is C21H19N3O2. The molecule has 5 heteroatoms. The molecule has 130 valence electrons. The molecule has 2 N–H and O–H groups in total. The molecule has 1 atom stereocenters. The van der Waals surface area contributed by atoms with E-state index in [2.05, 4.69) is 15.3 Å². The monoisotopic (exact) mass is 345 g/mol. The number of benzene rings is 2. The summed E-state index contributed by atoms with van der Waals surface area (Å²) >= 11 is 0. The van der Waals surface area contributed by atoms with Gasteiger partial charge in [0.05, 0.1) is 11.3 Å². The molecule has 0 saturated heterocycles. The molecule has 3 aromatic rings. The van der Waals surface area contributed by atoms with Gasteiger partial charge in [0.25, 0.3) is 0 Å². The fourth-order valence-corrected chi connectivity index (χ4v) is 3.41. The van der Waals surface area contributed by atoms with E-state index < -0.39 is 0 Å². The molecule has 0 fully saturated rings. The summed E-state index contributed by atoms with van der Waals surface area (Å²) in [6.07, 6.45) is 2.56. The van der Waals surface area contributed by atoms with Crippen molar-refractivity contribution in [3.63, 3.8) is 0 Å². The highest BCUT2D eigenvalue weighted by molar-refractivity contribution is 5.98. The number of phenols is 1. The molecule has 1 heterocycles.